The molecule has 0 saturated carbocycles. The highest BCUT2D eigenvalue weighted by atomic mass is 16.3. The predicted octanol–water partition coefficient (Wildman–Crippen LogP) is 0.935. The molecule has 2 N–H and O–H groups in total. The van der Waals surface area contributed by atoms with Gasteiger partial charge in [0.2, 0.25) is 5.91 Å². The maximum atomic E-state index is 12.6. The number of fused-ring (bicyclic) bond motifs is 1. The lowest BCUT2D eigenvalue weighted by Gasteiger charge is -2.34. The average molecular weight is 260 g/mol. The van der Waals surface area contributed by atoms with Crippen molar-refractivity contribution in [3.05, 3.63) is 29.8 Å². The zero-order chi connectivity index (χ0) is 13.4. The first-order valence-corrected chi connectivity index (χ1v) is 6.96. The minimum absolute atomic E-state index is 0.0931. The first kappa shape index (κ1) is 12.6. The number of rotatable bonds is 1. The van der Waals surface area contributed by atoms with E-state index in [1.54, 1.807) is 0 Å². The number of anilines is 1. The molecule has 3 unspecified atom stereocenters. The van der Waals surface area contributed by atoms with Crippen LogP contribution in [0.2, 0.25) is 0 Å². The molecule has 1 aromatic carbocycles. The van der Waals surface area contributed by atoms with E-state index in [1.165, 1.54) is 5.56 Å². The standard InChI is InChI=1S/C15H20N2O2/c1-10-6-11-4-2-3-5-14(11)17(9-10)15(19)13-7-12(18)8-16-13/h2-5,10,12-13,16,18H,6-9H2,1H3. The number of carbonyl (C=O) groups excluding carboxylic acids is 1. The molecule has 0 bridgehead atoms. The first-order chi connectivity index (χ1) is 9.15. The summed E-state index contributed by atoms with van der Waals surface area (Å²) in [5.41, 5.74) is 2.28. The van der Waals surface area contributed by atoms with Gasteiger partial charge in [0.05, 0.1) is 12.1 Å². The van der Waals surface area contributed by atoms with Crippen LogP contribution in [0.4, 0.5) is 5.69 Å². The van der Waals surface area contributed by atoms with Crippen molar-refractivity contribution in [1.82, 2.24) is 5.32 Å². The van der Waals surface area contributed by atoms with E-state index in [-0.39, 0.29) is 11.9 Å². The number of amides is 1. The number of aliphatic hydroxyl groups is 1. The quantitative estimate of drug-likeness (QED) is 0.790. The van der Waals surface area contributed by atoms with Gasteiger partial charge in [-0.1, -0.05) is 25.1 Å². The highest BCUT2D eigenvalue weighted by Crippen LogP contribution is 2.30. The molecule has 0 aromatic heterocycles. The molecule has 4 heteroatoms. The van der Waals surface area contributed by atoms with Crippen LogP contribution < -0.4 is 10.2 Å². The van der Waals surface area contributed by atoms with E-state index in [2.05, 4.69) is 18.3 Å². The number of para-hydroxylation sites is 1. The van der Waals surface area contributed by atoms with Gasteiger partial charge >= 0.3 is 0 Å². The summed E-state index contributed by atoms with van der Waals surface area (Å²) >= 11 is 0. The van der Waals surface area contributed by atoms with E-state index in [9.17, 15) is 9.90 Å². The third kappa shape index (κ3) is 2.38. The minimum Gasteiger partial charge on any atom is -0.392 e. The number of nitrogens with zero attached hydrogens (tertiary/aromatic N) is 1. The van der Waals surface area contributed by atoms with E-state index in [0.717, 1.165) is 18.7 Å². The Bertz CT molecular complexity index is 489. The average Bonchev–Trinajstić information content (AvgIpc) is 2.83. The first-order valence-electron chi connectivity index (χ1n) is 6.96. The number of aliphatic hydroxyl groups excluding tert-OH is 1. The summed E-state index contributed by atoms with van der Waals surface area (Å²) in [5.74, 6) is 0.570. The van der Waals surface area contributed by atoms with Crippen LogP contribution >= 0.6 is 0 Å². The Hall–Kier alpha value is -1.39. The molecule has 3 rings (SSSR count). The molecule has 2 aliphatic heterocycles. The van der Waals surface area contributed by atoms with Gasteiger partial charge in [0.15, 0.2) is 0 Å². The molecule has 2 aliphatic rings. The summed E-state index contributed by atoms with van der Waals surface area (Å²) in [6.07, 6.45) is 1.15. The maximum Gasteiger partial charge on any atom is 0.244 e. The van der Waals surface area contributed by atoms with Crippen LogP contribution in [0.1, 0.15) is 18.9 Å². The van der Waals surface area contributed by atoms with E-state index >= 15 is 0 Å². The molecule has 102 valence electrons. The molecule has 0 radical (unpaired) electrons. The highest BCUT2D eigenvalue weighted by Gasteiger charge is 2.34. The fourth-order valence-electron chi connectivity index (χ4n) is 3.10. The fourth-order valence-corrected chi connectivity index (χ4v) is 3.10. The lowest BCUT2D eigenvalue weighted by atomic mass is 9.93. The Morgan fingerprint density at radius 2 is 2.21 bits per heavy atom. The molecule has 0 aliphatic carbocycles. The van der Waals surface area contributed by atoms with Crippen molar-refractivity contribution < 1.29 is 9.90 Å². The molecule has 19 heavy (non-hydrogen) atoms. The topological polar surface area (TPSA) is 52.6 Å². The van der Waals surface area contributed by atoms with Gasteiger partial charge in [-0.3, -0.25) is 4.79 Å². The van der Waals surface area contributed by atoms with Crippen molar-refractivity contribution in [2.75, 3.05) is 18.0 Å². The predicted molar refractivity (Wildman–Crippen MR) is 74.1 cm³/mol. The highest BCUT2D eigenvalue weighted by molar-refractivity contribution is 5.98. The number of hydrogen-bond donors (Lipinski definition) is 2. The monoisotopic (exact) mass is 260 g/mol. The molecule has 1 aromatic rings. The van der Waals surface area contributed by atoms with Gasteiger partial charge in [0, 0.05) is 18.8 Å². The van der Waals surface area contributed by atoms with Gasteiger partial charge in [-0.05, 0) is 30.4 Å². The van der Waals surface area contributed by atoms with Gasteiger partial charge in [-0.2, -0.15) is 0 Å². The summed E-state index contributed by atoms with van der Waals surface area (Å²) in [6.45, 7) is 3.46. The van der Waals surface area contributed by atoms with Crippen molar-refractivity contribution >= 4 is 11.6 Å². The van der Waals surface area contributed by atoms with E-state index in [1.807, 2.05) is 23.1 Å². The normalized spacial score (nSPS) is 30.2. The van der Waals surface area contributed by atoms with Crippen molar-refractivity contribution in [3.63, 3.8) is 0 Å². The summed E-state index contributed by atoms with van der Waals surface area (Å²) in [4.78, 5) is 14.5. The van der Waals surface area contributed by atoms with Gasteiger partial charge in [0.25, 0.3) is 0 Å². The maximum absolute atomic E-state index is 12.6. The van der Waals surface area contributed by atoms with Crippen LogP contribution in [0, 0.1) is 5.92 Å². The molecular formula is C15H20N2O2. The number of carbonyl (C=O) groups is 1. The van der Waals surface area contributed by atoms with Crippen molar-refractivity contribution in [3.8, 4) is 0 Å². The zero-order valence-electron chi connectivity index (χ0n) is 11.2. The summed E-state index contributed by atoms with van der Waals surface area (Å²) in [6, 6.07) is 7.88. The third-order valence-corrected chi connectivity index (χ3v) is 4.02. The van der Waals surface area contributed by atoms with Crippen LogP contribution in [0.15, 0.2) is 24.3 Å². The third-order valence-electron chi connectivity index (χ3n) is 4.02. The smallest absolute Gasteiger partial charge is 0.244 e. The summed E-state index contributed by atoms with van der Waals surface area (Å²) in [5, 5.41) is 12.7. The van der Waals surface area contributed by atoms with Gasteiger partial charge < -0.3 is 15.3 Å². The molecular weight excluding hydrogens is 240 g/mol. The van der Waals surface area contributed by atoms with Crippen molar-refractivity contribution in [1.29, 1.82) is 0 Å². The zero-order valence-corrected chi connectivity index (χ0v) is 11.2. The van der Waals surface area contributed by atoms with Crippen molar-refractivity contribution in [2.24, 2.45) is 5.92 Å². The van der Waals surface area contributed by atoms with Crippen LogP contribution in [-0.2, 0) is 11.2 Å². The Balaban J connectivity index is 1.86. The second kappa shape index (κ2) is 4.94. The molecule has 0 spiro atoms. The Morgan fingerprint density at radius 3 is 2.95 bits per heavy atom. The van der Waals surface area contributed by atoms with Crippen LogP contribution in [0.5, 0.6) is 0 Å². The minimum atomic E-state index is -0.397. The van der Waals surface area contributed by atoms with E-state index in [4.69, 9.17) is 0 Å². The molecule has 1 saturated heterocycles. The Labute approximate surface area is 113 Å². The fraction of sp³-hybridized carbons (Fsp3) is 0.533. The number of benzene rings is 1. The lowest BCUT2D eigenvalue weighted by molar-refractivity contribution is -0.120. The van der Waals surface area contributed by atoms with Crippen molar-refractivity contribution in [2.45, 2.75) is 31.9 Å². The molecule has 3 atom stereocenters. The van der Waals surface area contributed by atoms with Gasteiger partial charge in [-0.25, -0.2) is 0 Å². The summed E-state index contributed by atoms with van der Waals surface area (Å²) in [7, 11) is 0. The molecule has 2 heterocycles. The van der Waals surface area contributed by atoms with E-state index in [0.29, 0.717) is 18.9 Å². The van der Waals surface area contributed by atoms with E-state index < -0.39 is 6.10 Å². The molecule has 1 fully saturated rings. The second-order valence-electron chi connectivity index (χ2n) is 5.74. The van der Waals surface area contributed by atoms with Crippen LogP contribution in [0.3, 0.4) is 0 Å². The Morgan fingerprint density at radius 1 is 1.42 bits per heavy atom. The largest absolute Gasteiger partial charge is 0.392 e. The number of nitrogens with one attached hydrogen (secondary N) is 1. The molecule has 1 amide bonds. The SMILES string of the molecule is CC1Cc2ccccc2N(C(=O)C2CC(O)CN2)C1. The van der Waals surface area contributed by atoms with Crippen LogP contribution in [-0.4, -0.2) is 36.2 Å². The number of β-amino-alcohol motifs (C(OH)–C–C–N with tert-alkyl or cyclic N) is 1. The summed E-state index contributed by atoms with van der Waals surface area (Å²) < 4.78 is 0. The Kier molecular flexibility index (Phi) is 3.29. The lowest BCUT2D eigenvalue weighted by Crippen LogP contribution is -2.47. The van der Waals surface area contributed by atoms with Gasteiger partial charge in [-0.15, -0.1) is 0 Å². The van der Waals surface area contributed by atoms with Crippen LogP contribution in [0.25, 0.3) is 0 Å². The second-order valence-corrected chi connectivity index (χ2v) is 5.74. The number of hydrogen-bond acceptors (Lipinski definition) is 3. The molecule has 4 nitrogen and oxygen atoms in total. The van der Waals surface area contributed by atoms with Gasteiger partial charge in [0.1, 0.15) is 0 Å².